The van der Waals surface area contributed by atoms with Gasteiger partial charge in [-0.25, -0.2) is 9.36 Å². The standard InChI is InChI=1S/C16H13Cl2N5O2/c17-11-2-3-13(18)12(10-11)16(25)19-7-9-23-15(24)5-4-14(21-23)22-8-1-6-20-22/h1-6,8,10H,7,9H2,(H,19,25). The number of carbonyl (C=O) groups excluding carboxylic acids is 1. The topological polar surface area (TPSA) is 81.8 Å². The maximum absolute atomic E-state index is 12.2. The van der Waals surface area contributed by atoms with Crippen LogP contribution in [0, 0.1) is 0 Å². The van der Waals surface area contributed by atoms with Crippen molar-refractivity contribution < 1.29 is 4.79 Å². The van der Waals surface area contributed by atoms with Gasteiger partial charge in [-0.15, -0.1) is 5.10 Å². The van der Waals surface area contributed by atoms with Gasteiger partial charge in [0.2, 0.25) is 0 Å². The molecule has 9 heteroatoms. The van der Waals surface area contributed by atoms with Crippen LogP contribution in [0.4, 0.5) is 0 Å². The highest BCUT2D eigenvalue weighted by molar-refractivity contribution is 6.35. The molecule has 1 N–H and O–H groups in total. The van der Waals surface area contributed by atoms with Crippen LogP contribution in [0.5, 0.6) is 0 Å². The predicted molar refractivity (Wildman–Crippen MR) is 94.4 cm³/mol. The minimum Gasteiger partial charge on any atom is -0.350 e. The van der Waals surface area contributed by atoms with Crippen LogP contribution < -0.4 is 10.9 Å². The summed E-state index contributed by atoms with van der Waals surface area (Å²) in [6.45, 7) is 0.412. The monoisotopic (exact) mass is 377 g/mol. The second-order valence-corrected chi connectivity index (χ2v) is 5.93. The Labute approximate surface area is 152 Å². The third-order valence-corrected chi connectivity index (χ3v) is 3.94. The van der Waals surface area contributed by atoms with E-state index in [1.165, 1.54) is 16.8 Å². The van der Waals surface area contributed by atoms with Crippen molar-refractivity contribution >= 4 is 29.1 Å². The van der Waals surface area contributed by atoms with Crippen molar-refractivity contribution in [2.24, 2.45) is 0 Å². The normalized spacial score (nSPS) is 10.6. The van der Waals surface area contributed by atoms with Gasteiger partial charge in [0.25, 0.3) is 11.5 Å². The van der Waals surface area contributed by atoms with Crippen LogP contribution in [0.3, 0.4) is 0 Å². The third kappa shape index (κ3) is 4.07. The molecule has 3 rings (SSSR count). The van der Waals surface area contributed by atoms with Crippen molar-refractivity contribution in [3.05, 3.63) is 74.8 Å². The Kier molecular flexibility index (Phi) is 5.16. The molecule has 0 unspecified atom stereocenters. The van der Waals surface area contributed by atoms with Crippen molar-refractivity contribution in [1.29, 1.82) is 0 Å². The van der Waals surface area contributed by atoms with Gasteiger partial charge < -0.3 is 5.32 Å². The number of halogens is 2. The number of hydrogen-bond donors (Lipinski definition) is 1. The summed E-state index contributed by atoms with van der Waals surface area (Å²) in [5, 5.41) is 11.7. The number of aromatic nitrogens is 4. The first-order valence-electron chi connectivity index (χ1n) is 7.36. The molecule has 0 radical (unpaired) electrons. The maximum Gasteiger partial charge on any atom is 0.266 e. The molecule has 0 bridgehead atoms. The van der Waals surface area contributed by atoms with Gasteiger partial charge in [-0.3, -0.25) is 9.59 Å². The summed E-state index contributed by atoms with van der Waals surface area (Å²) in [7, 11) is 0. The molecule has 0 atom stereocenters. The molecule has 2 heterocycles. The lowest BCUT2D eigenvalue weighted by Gasteiger charge is -2.09. The molecule has 25 heavy (non-hydrogen) atoms. The SMILES string of the molecule is O=C(NCCn1nc(-n2cccn2)ccc1=O)c1cc(Cl)ccc1Cl. The Bertz CT molecular complexity index is 953. The smallest absolute Gasteiger partial charge is 0.266 e. The lowest BCUT2D eigenvalue weighted by molar-refractivity contribution is 0.0952. The first-order valence-corrected chi connectivity index (χ1v) is 8.11. The summed E-state index contributed by atoms with van der Waals surface area (Å²) < 4.78 is 2.80. The van der Waals surface area contributed by atoms with Crippen LogP contribution >= 0.6 is 23.2 Å². The Morgan fingerprint density at radius 3 is 2.80 bits per heavy atom. The fourth-order valence-electron chi connectivity index (χ4n) is 2.17. The fourth-order valence-corrected chi connectivity index (χ4v) is 2.54. The Hall–Kier alpha value is -2.64. The summed E-state index contributed by atoms with van der Waals surface area (Å²) in [4.78, 5) is 24.1. The van der Waals surface area contributed by atoms with Crippen molar-refractivity contribution in [1.82, 2.24) is 24.9 Å². The molecule has 1 aromatic carbocycles. The molecule has 0 spiro atoms. The van der Waals surface area contributed by atoms with Gasteiger partial charge in [-0.2, -0.15) is 5.10 Å². The highest BCUT2D eigenvalue weighted by atomic mass is 35.5. The predicted octanol–water partition coefficient (Wildman–Crippen LogP) is 2.17. The van der Waals surface area contributed by atoms with Crippen LogP contribution in [0.2, 0.25) is 10.0 Å². The summed E-state index contributed by atoms with van der Waals surface area (Å²) >= 11 is 11.9. The Morgan fingerprint density at radius 2 is 2.04 bits per heavy atom. The number of nitrogens with zero attached hydrogens (tertiary/aromatic N) is 4. The first kappa shape index (κ1) is 17.2. The Morgan fingerprint density at radius 1 is 1.20 bits per heavy atom. The number of hydrogen-bond acceptors (Lipinski definition) is 4. The highest BCUT2D eigenvalue weighted by Gasteiger charge is 2.11. The van der Waals surface area contributed by atoms with Crippen molar-refractivity contribution in [3.8, 4) is 5.82 Å². The van der Waals surface area contributed by atoms with Crippen LogP contribution in [0.15, 0.2) is 53.6 Å². The zero-order chi connectivity index (χ0) is 17.8. The van der Waals surface area contributed by atoms with E-state index in [2.05, 4.69) is 15.5 Å². The van der Waals surface area contributed by atoms with E-state index < -0.39 is 0 Å². The third-order valence-electron chi connectivity index (χ3n) is 3.37. The van der Waals surface area contributed by atoms with E-state index in [9.17, 15) is 9.59 Å². The summed E-state index contributed by atoms with van der Waals surface area (Å²) in [6, 6.07) is 9.38. The van der Waals surface area contributed by atoms with Gasteiger partial charge in [0.1, 0.15) is 0 Å². The molecule has 0 saturated heterocycles. The van der Waals surface area contributed by atoms with E-state index in [0.717, 1.165) is 0 Å². The summed E-state index contributed by atoms with van der Waals surface area (Å²) in [5.74, 6) is 0.137. The maximum atomic E-state index is 12.2. The molecular weight excluding hydrogens is 365 g/mol. The zero-order valence-corrected chi connectivity index (χ0v) is 14.4. The second-order valence-electron chi connectivity index (χ2n) is 5.08. The molecule has 0 aliphatic carbocycles. The molecule has 7 nitrogen and oxygen atoms in total. The van der Waals surface area contributed by atoms with Gasteiger partial charge in [0.15, 0.2) is 5.82 Å². The quantitative estimate of drug-likeness (QED) is 0.738. The molecule has 0 aliphatic rings. The largest absolute Gasteiger partial charge is 0.350 e. The molecule has 0 saturated carbocycles. The number of rotatable bonds is 5. The lowest BCUT2D eigenvalue weighted by atomic mass is 10.2. The van der Waals surface area contributed by atoms with Crippen LogP contribution in [0.1, 0.15) is 10.4 Å². The zero-order valence-electron chi connectivity index (χ0n) is 12.9. The molecular formula is C16H13Cl2N5O2. The molecule has 3 aromatic rings. The minimum absolute atomic E-state index is 0.205. The number of carbonyl (C=O) groups is 1. The van der Waals surface area contributed by atoms with Crippen molar-refractivity contribution in [2.75, 3.05) is 6.54 Å². The van der Waals surface area contributed by atoms with Crippen LogP contribution in [0.25, 0.3) is 5.82 Å². The average Bonchev–Trinajstić information content (AvgIpc) is 3.13. The van der Waals surface area contributed by atoms with E-state index in [1.807, 2.05) is 0 Å². The van der Waals surface area contributed by atoms with E-state index >= 15 is 0 Å². The molecule has 0 aliphatic heterocycles. The fraction of sp³-hybridized carbons (Fsp3) is 0.125. The second kappa shape index (κ2) is 7.50. The number of amides is 1. The van der Waals surface area contributed by atoms with Gasteiger partial charge in [-0.05, 0) is 30.3 Å². The molecule has 1 amide bonds. The summed E-state index contributed by atoms with van der Waals surface area (Å²) in [5.41, 5.74) is 0.00528. The van der Waals surface area contributed by atoms with Crippen molar-refractivity contribution in [3.63, 3.8) is 0 Å². The lowest BCUT2D eigenvalue weighted by Crippen LogP contribution is -2.32. The highest BCUT2D eigenvalue weighted by Crippen LogP contribution is 2.20. The van der Waals surface area contributed by atoms with Crippen LogP contribution in [-0.2, 0) is 6.54 Å². The van der Waals surface area contributed by atoms with Gasteiger partial charge in [0.05, 0.1) is 17.1 Å². The van der Waals surface area contributed by atoms with E-state index in [0.29, 0.717) is 15.9 Å². The van der Waals surface area contributed by atoms with Crippen molar-refractivity contribution in [2.45, 2.75) is 6.54 Å². The molecule has 2 aromatic heterocycles. The van der Waals surface area contributed by atoms with E-state index in [1.54, 1.807) is 41.3 Å². The van der Waals surface area contributed by atoms with Gasteiger partial charge >= 0.3 is 0 Å². The van der Waals surface area contributed by atoms with Gasteiger partial charge in [-0.1, -0.05) is 23.2 Å². The minimum atomic E-state index is -0.372. The summed E-state index contributed by atoms with van der Waals surface area (Å²) in [6.07, 6.45) is 3.34. The number of nitrogens with one attached hydrogen (secondary N) is 1. The van der Waals surface area contributed by atoms with Crippen LogP contribution in [-0.4, -0.2) is 32.0 Å². The number of benzene rings is 1. The molecule has 128 valence electrons. The average molecular weight is 378 g/mol. The van der Waals surface area contributed by atoms with Gasteiger partial charge in [0, 0.05) is 30.0 Å². The first-order chi connectivity index (χ1) is 12.0. The molecule has 0 fully saturated rings. The Balaban J connectivity index is 1.68. The van der Waals surface area contributed by atoms with E-state index in [4.69, 9.17) is 23.2 Å². The van der Waals surface area contributed by atoms with E-state index in [-0.39, 0.29) is 30.1 Å².